The van der Waals surface area contributed by atoms with Crippen LogP contribution in [0.3, 0.4) is 0 Å². The number of carbonyl (C=O) groups excluding carboxylic acids is 4. The predicted molar refractivity (Wildman–Crippen MR) is 152 cm³/mol. The number of hydrogen-bond acceptors (Lipinski definition) is 5. The number of rotatable bonds is 15. The number of nitrogens with two attached hydrogens (primary N) is 2. The van der Waals surface area contributed by atoms with E-state index in [4.69, 9.17) is 11.5 Å². The molecule has 0 saturated heterocycles. The van der Waals surface area contributed by atoms with Gasteiger partial charge in [0.1, 0.15) is 18.1 Å². The molecule has 4 amide bonds. The summed E-state index contributed by atoms with van der Waals surface area (Å²) in [7, 11) is 0. The second-order valence-corrected chi connectivity index (χ2v) is 9.59. The Hall–Kier alpha value is -4.09. The van der Waals surface area contributed by atoms with Crippen molar-refractivity contribution in [3.05, 3.63) is 36.0 Å². The van der Waals surface area contributed by atoms with E-state index in [9.17, 15) is 19.2 Å². The molecule has 214 valence electrons. The van der Waals surface area contributed by atoms with Gasteiger partial charge in [-0.2, -0.15) is 0 Å². The molecule has 0 fully saturated rings. The molecule has 0 saturated carbocycles. The number of nitrogens with zero attached hydrogens (tertiary/aromatic N) is 1. The molecule has 1 heterocycles. The lowest BCUT2D eigenvalue weighted by atomic mass is 9.96. The van der Waals surface area contributed by atoms with E-state index in [-0.39, 0.29) is 30.1 Å². The van der Waals surface area contributed by atoms with Crippen LogP contribution in [-0.2, 0) is 25.6 Å². The molecule has 0 bridgehead atoms. The zero-order valence-electron chi connectivity index (χ0n) is 23.2. The highest BCUT2D eigenvalue weighted by molar-refractivity contribution is 5.94. The molecule has 9 N–H and O–H groups in total. The first-order chi connectivity index (χ1) is 18.6. The van der Waals surface area contributed by atoms with E-state index in [1.807, 2.05) is 44.3 Å². The first-order valence-electron chi connectivity index (χ1n) is 13.3. The topological polar surface area (TPSA) is 197 Å². The van der Waals surface area contributed by atoms with Crippen LogP contribution in [0.15, 0.2) is 35.5 Å². The normalized spacial score (nSPS) is 13.9. The second-order valence-electron chi connectivity index (χ2n) is 9.59. The minimum Gasteiger partial charge on any atom is -0.370 e. The standard InChI is InChI=1S/C27H42N8O4/c1-5-16(3)23(26(39)34-21(24(37)30-6-2)12-9-13-31-27(28)29)35-25(38)22(33-17(4)36)14-18-15-32-20-11-8-7-10-19(18)20/h7-8,10-11,15-16,21-23,32H,5-6,9,12-14H2,1-4H3,(H,30,37)(H,33,36)(H,34,39)(H,35,38)(H4,28,29,31)/t16?,21-,22-,23-/m0/s1. The molecule has 1 aromatic carbocycles. The zero-order chi connectivity index (χ0) is 28.9. The number of aromatic nitrogens is 1. The number of H-pyrrole nitrogens is 1. The molecule has 1 aromatic heterocycles. The predicted octanol–water partition coefficient (Wildman–Crippen LogP) is 0.421. The molecule has 0 aliphatic heterocycles. The van der Waals surface area contributed by atoms with Gasteiger partial charge in [-0.3, -0.25) is 24.2 Å². The number of carbonyl (C=O) groups is 4. The fourth-order valence-electron chi connectivity index (χ4n) is 4.26. The van der Waals surface area contributed by atoms with Gasteiger partial charge in [0.2, 0.25) is 23.6 Å². The molecule has 12 heteroatoms. The van der Waals surface area contributed by atoms with Crippen molar-refractivity contribution in [2.45, 2.75) is 71.5 Å². The highest BCUT2D eigenvalue weighted by atomic mass is 16.2. The number of aromatic amines is 1. The monoisotopic (exact) mass is 542 g/mol. The van der Waals surface area contributed by atoms with Gasteiger partial charge in [0.05, 0.1) is 0 Å². The summed E-state index contributed by atoms with van der Waals surface area (Å²) in [6.07, 6.45) is 3.42. The van der Waals surface area contributed by atoms with E-state index in [0.29, 0.717) is 32.4 Å². The maximum Gasteiger partial charge on any atom is 0.243 e. The van der Waals surface area contributed by atoms with Crippen molar-refractivity contribution in [1.82, 2.24) is 26.3 Å². The molecule has 0 radical (unpaired) electrons. The van der Waals surface area contributed by atoms with Gasteiger partial charge < -0.3 is 37.7 Å². The Balaban J connectivity index is 2.20. The minimum absolute atomic E-state index is 0.0468. The van der Waals surface area contributed by atoms with Gasteiger partial charge in [0.15, 0.2) is 5.96 Å². The summed E-state index contributed by atoms with van der Waals surface area (Å²) in [6.45, 7) is 7.59. The van der Waals surface area contributed by atoms with Gasteiger partial charge in [-0.1, -0.05) is 38.5 Å². The van der Waals surface area contributed by atoms with Crippen molar-refractivity contribution >= 4 is 40.5 Å². The van der Waals surface area contributed by atoms with Crippen molar-refractivity contribution in [1.29, 1.82) is 0 Å². The zero-order valence-corrected chi connectivity index (χ0v) is 23.2. The fraction of sp³-hybridized carbons (Fsp3) is 0.519. The molecule has 39 heavy (non-hydrogen) atoms. The summed E-state index contributed by atoms with van der Waals surface area (Å²) in [5.74, 6) is -1.95. The highest BCUT2D eigenvalue weighted by Crippen LogP contribution is 2.19. The fourth-order valence-corrected chi connectivity index (χ4v) is 4.26. The van der Waals surface area contributed by atoms with Crippen LogP contribution in [0.2, 0.25) is 0 Å². The number of amides is 4. The SMILES string of the molecule is CCNC(=O)[C@H](CCCN=C(N)N)NC(=O)[C@@H](NC(=O)[C@H](Cc1c[nH]c2ccccc12)NC(C)=O)C(C)CC. The number of hydrogen-bond donors (Lipinski definition) is 7. The number of benzene rings is 1. The maximum atomic E-state index is 13.4. The Morgan fingerprint density at radius 1 is 0.974 bits per heavy atom. The Morgan fingerprint density at radius 3 is 2.33 bits per heavy atom. The summed E-state index contributed by atoms with van der Waals surface area (Å²) in [5, 5.41) is 12.0. The van der Waals surface area contributed by atoms with E-state index in [2.05, 4.69) is 31.2 Å². The first kappa shape index (κ1) is 31.1. The largest absolute Gasteiger partial charge is 0.370 e. The Morgan fingerprint density at radius 2 is 1.69 bits per heavy atom. The van der Waals surface area contributed by atoms with E-state index < -0.39 is 29.9 Å². The van der Waals surface area contributed by atoms with Crippen molar-refractivity contribution in [2.24, 2.45) is 22.4 Å². The van der Waals surface area contributed by atoms with Crippen LogP contribution in [0, 0.1) is 5.92 Å². The molecule has 2 aromatic rings. The van der Waals surface area contributed by atoms with Crippen LogP contribution in [0.4, 0.5) is 0 Å². The third-order valence-electron chi connectivity index (χ3n) is 6.52. The highest BCUT2D eigenvalue weighted by Gasteiger charge is 2.32. The number of para-hydroxylation sites is 1. The summed E-state index contributed by atoms with van der Waals surface area (Å²) >= 11 is 0. The van der Waals surface area contributed by atoms with E-state index in [1.165, 1.54) is 6.92 Å². The average Bonchev–Trinajstić information content (AvgIpc) is 3.30. The Kier molecular flexibility index (Phi) is 12.3. The Labute approximate surface area is 229 Å². The van der Waals surface area contributed by atoms with Gasteiger partial charge in [0.25, 0.3) is 0 Å². The number of fused-ring (bicyclic) bond motifs is 1. The van der Waals surface area contributed by atoms with Gasteiger partial charge in [-0.25, -0.2) is 0 Å². The summed E-state index contributed by atoms with van der Waals surface area (Å²) in [6, 6.07) is 5.03. The number of nitrogens with one attached hydrogen (secondary N) is 5. The third kappa shape index (κ3) is 9.62. The molecule has 2 rings (SSSR count). The van der Waals surface area contributed by atoms with Crippen LogP contribution in [0.1, 0.15) is 52.5 Å². The van der Waals surface area contributed by atoms with E-state index in [0.717, 1.165) is 16.5 Å². The molecule has 0 spiro atoms. The molecule has 0 aliphatic rings. The van der Waals surface area contributed by atoms with Crippen LogP contribution in [0.25, 0.3) is 10.9 Å². The third-order valence-corrected chi connectivity index (χ3v) is 6.52. The maximum absolute atomic E-state index is 13.4. The lowest BCUT2D eigenvalue weighted by Gasteiger charge is -2.28. The van der Waals surface area contributed by atoms with Gasteiger partial charge in [-0.15, -0.1) is 0 Å². The summed E-state index contributed by atoms with van der Waals surface area (Å²) in [4.78, 5) is 58.6. The number of guanidine groups is 1. The Bertz CT molecular complexity index is 1160. The quantitative estimate of drug-likeness (QED) is 0.0967. The van der Waals surface area contributed by atoms with E-state index in [1.54, 1.807) is 6.92 Å². The van der Waals surface area contributed by atoms with Crippen LogP contribution >= 0.6 is 0 Å². The molecule has 1 unspecified atom stereocenters. The molecule has 4 atom stereocenters. The van der Waals surface area contributed by atoms with E-state index >= 15 is 0 Å². The first-order valence-corrected chi connectivity index (χ1v) is 13.3. The molecule has 0 aliphatic carbocycles. The minimum atomic E-state index is -0.920. The average molecular weight is 543 g/mol. The molecule has 12 nitrogen and oxygen atoms in total. The van der Waals surface area contributed by atoms with Gasteiger partial charge >= 0.3 is 0 Å². The summed E-state index contributed by atoms with van der Waals surface area (Å²) in [5.41, 5.74) is 12.5. The van der Waals surface area contributed by atoms with Crippen LogP contribution < -0.4 is 32.7 Å². The smallest absolute Gasteiger partial charge is 0.243 e. The van der Waals surface area contributed by atoms with Gasteiger partial charge in [0, 0.05) is 43.5 Å². The van der Waals surface area contributed by atoms with Crippen molar-refractivity contribution < 1.29 is 19.2 Å². The van der Waals surface area contributed by atoms with Crippen LogP contribution in [-0.4, -0.2) is 65.8 Å². The van der Waals surface area contributed by atoms with Crippen molar-refractivity contribution in [3.63, 3.8) is 0 Å². The van der Waals surface area contributed by atoms with Crippen molar-refractivity contribution in [3.8, 4) is 0 Å². The number of likely N-dealkylation sites (N-methyl/N-ethyl adjacent to an activating group) is 1. The molecular formula is C27H42N8O4. The summed E-state index contributed by atoms with van der Waals surface area (Å²) < 4.78 is 0. The second kappa shape index (κ2) is 15.4. The van der Waals surface area contributed by atoms with Gasteiger partial charge in [-0.05, 0) is 37.3 Å². The lowest BCUT2D eigenvalue weighted by molar-refractivity contribution is -0.134. The lowest BCUT2D eigenvalue weighted by Crippen LogP contribution is -2.58. The molecular weight excluding hydrogens is 500 g/mol. The van der Waals surface area contributed by atoms with Crippen molar-refractivity contribution in [2.75, 3.05) is 13.1 Å². The van der Waals surface area contributed by atoms with Crippen LogP contribution in [0.5, 0.6) is 0 Å². The number of aliphatic imine (C=N–C) groups is 1.